The third-order valence-corrected chi connectivity index (χ3v) is 3.20. The Morgan fingerprint density at radius 3 is 2.37 bits per heavy atom. The van der Waals surface area contributed by atoms with Crippen LogP contribution >= 0.6 is 0 Å². The molecule has 108 valence electrons. The maximum absolute atomic E-state index is 5.96. The van der Waals surface area contributed by atoms with Gasteiger partial charge in [-0.3, -0.25) is 4.90 Å². The maximum Gasteiger partial charge on any atom is 0.123 e. The number of methoxy groups -OCH3 is 2. The van der Waals surface area contributed by atoms with E-state index in [9.17, 15) is 0 Å². The average Bonchev–Trinajstić information content (AvgIpc) is 2.38. The van der Waals surface area contributed by atoms with Crippen molar-refractivity contribution >= 4 is 0 Å². The van der Waals surface area contributed by atoms with Crippen molar-refractivity contribution < 1.29 is 9.47 Å². The highest BCUT2D eigenvalue weighted by Crippen LogP contribution is 2.31. The van der Waals surface area contributed by atoms with E-state index in [4.69, 9.17) is 15.2 Å². The molecular formula is C15H26N2O2. The van der Waals surface area contributed by atoms with Crippen molar-refractivity contribution in [3.63, 3.8) is 0 Å². The van der Waals surface area contributed by atoms with Crippen LogP contribution in [0.5, 0.6) is 11.5 Å². The van der Waals surface area contributed by atoms with Gasteiger partial charge in [-0.1, -0.05) is 13.8 Å². The molecule has 0 aliphatic carbocycles. The second-order valence-corrected chi connectivity index (χ2v) is 5.19. The van der Waals surface area contributed by atoms with E-state index < -0.39 is 0 Å². The molecule has 0 aromatic heterocycles. The van der Waals surface area contributed by atoms with Gasteiger partial charge in [-0.15, -0.1) is 0 Å². The Morgan fingerprint density at radius 1 is 1.21 bits per heavy atom. The molecule has 0 saturated heterocycles. The molecule has 0 radical (unpaired) electrons. The van der Waals surface area contributed by atoms with Crippen LogP contribution in [0.15, 0.2) is 18.2 Å². The van der Waals surface area contributed by atoms with Crippen molar-refractivity contribution in [1.82, 2.24) is 4.90 Å². The van der Waals surface area contributed by atoms with Crippen LogP contribution in [0.25, 0.3) is 0 Å². The van der Waals surface area contributed by atoms with Gasteiger partial charge in [-0.25, -0.2) is 0 Å². The van der Waals surface area contributed by atoms with Gasteiger partial charge in [0.2, 0.25) is 0 Å². The molecule has 2 N–H and O–H groups in total. The molecule has 1 aromatic rings. The first-order chi connectivity index (χ1) is 9.03. The highest BCUT2D eigenvalue weighted by atomic mass is 16.5. The molecule has 4 heteroatoms. The molecule has 0 spiro atoms. The normalized spacial score (nSPS) is 12.8. The molecule has 0 aliphatic heterocycles. The Balaban J connectivity index is 3.07. The summed E-state index contributed by atoms with van der Waals surface area (Å²) >= 11 is 0. The minimum Gasteiger partial charge on any atom is -0.497 e. The molecule has 0 saturated carbocycles. The zero-order chi connectivity index (χ0) is 14.4. The Hall–Kier alpha value is -1.26. The Bertz CT molecular complexity index is 394. The summed E-state index contributed by atoms with van der Waals surface area (Å²) < 4.78 is 10.7. The monoisotopic (exact) mass is 266 g/mol. The molecule has 1 rings (SSSR count). The Kier molecular flexibility index (Phi) is 6.12. The summed E-state index contributed by atoms with van der Waals surface area (Å²) in [5, 5.41) is 0. The first-order valence-electron chi connectivity index (χ1n) is 6.65. The number of nitrogens with zero attached hydrogens (tertiary/aromatic N) is 1. The number of hydrogen-bond acceptors (Lipinski definition) is 4. The summed E-state index contributed by atoms with van der Waals surface area (Å²) in [6.07, 6.45) is 0. The fourth-order valence-corrected chi connectivity index (χ4v) is 2.35. The van der Waals surface area contributed by atoms with E-state index in [-0.39, 0.29) is 6.04 Å². The molecule has 19 heavy (non-hydrogen) atoms. The molecule has 0 fully saturated rings. The van der Waals surface area contributed by atoms with Gasteiger partial charge >= 0.3 is 0 Å². The number of benzene rings is 1. The lowest BCUT2D eigenvalue weighted by Crippen LogP contribution is -2.33. The fraction of sp³-hybridized carbons (Fsp3) is 0.600. The molecule has 0 bridgehead atoms. The molecule has 1 aromatic carbocycles. The Morgan fingerprint density at radius 2 is 1.89 bits per heavy atom. The summed E-state index contributed by atoms with van der Waals surface area (Å²) in [7, 11) is 5.44. The van der Waals surface area contributed by atoms with Crippen molar-refractivity contribution in [3.8, 4) is 11.5 Å². The maximum atomic E-state index is 5.96. The molecule has 0 amide bonds. The third kappa shape index (κ3) is 4.11. The van der Waals surface area contributed by atoms with Gasteiger partial charge in [-0.2, -0.15) is 0 Å². The zero-order valence-electron chi connectivity index (χ0n) is 12.6. The lowest BCUT2D eigenvalue weighted by atomic mass is 10.0. The highest BCUT2D eigenvalue weighted by Gasteiger charge is 2.20. The first kappa shape index (κ1) is 15.8. The largest absolute Gasteiger partial charge is 0.497 e. The summed E-state index contributed by atoms with van der Waals surface area (Å²) in [4.78, 5) is 2.27. The third-order valence-electron chi connectivity index (χ3n) is 3.20. The minimum absolute atomic E-state index is 0.132. The SMILES string of the molecule is COc1ccc(OC)c(C(CN)N(C)CC(C)C)c1. The van der Waals surface area contributed by atoms with E-state index in [2.05, 4.69) is 25.8 Å². The van der Waals surface area contributed by atoms with Crippen LogP contribution in [0.2, 0.25) is 0 Å². The van der Waals surface area contributed by atoms with Gasteiger partial charge in [0.25, 0.3) is 0 Å². The van der Waals surface area contributed by atoms with Crippen molar-refractivity contribution in [2.24, 2.45) is 11.7 Å². The van der Waals surface area contributed by atoms with E-state index in [1.54, 1.807) is 14.2 Å². The summed E-state index contributed by atoms with van der Waals surface area (Å²) in [5.41, 5.74) is 7.03. The van der Waals surface area contributed by atoms with Gasteiger partial charge in [0.1, 0.15) is 11.5 Å². The fourth-order valence-electron chi connectivity index (χ4n) is 2.35. The van der Waals surface area contributed by atoms with Gasteiger partial charge in [0, 0.05) is 18.7 Å². The van der Waals surface area contributed by atoms with Crippen LogP contribution < -0.4 is 15.2 Å². The standard InChI is InChI=1S/C15H26N2O2/c1-11(2)10-17(3)14(9-16)13-8-12(18-4)6-7-15(13)19-5/h6-8,11,14H,9-10,16H2,1-5H3. The summed E-state index contributed by atoms with van der Waals surface area (Å²) in [5.74, 6) is 2.27. The van der Waals surface area contributed by atoms with Gasteiger partial charge in [-0.05, 0) is 31.2 Å². The smallest absolute Gasteiger partial charge is 0.123 e. The molecule has 1 atom stereocenters. The second-order valence-electron chi connectivity index (χ2n) is 5.19. The number of ether oxygens (including phenoxy) is 2. The predicted octanol–water partition coefficient (Wildman–Crippen LogP) is 2.29. The molecule has 0 heterocycles. The highest BCUT2D eigenvalue weighted by molar-refractivity contribution is 5.42. The quantitative estimate of drug-likeness (QED) is 0.822. The second kappa shape index (κ2) is 7.36. The van der Waals surface area contributed by atoms with Crippen LogP contribution in [0.1, 0.15) is 25.5 Å². The van der Waals surface area contributed by atoms with Crippen LogP contribution in [-0.4, -0.2) is 39.3 Å². The lowest BCUT2D eigenvalue weighted by Gasteiger charge is -2.30. The number of likely N-dealkylation sites (N-methyl/N-ethyl adjacent to an activating group) is 1. The van der Waals surface area contributed by atoms with Crippen LogP contribution in [0.4, 0.5) is 0 Å². The number of hydrogen-bond donors (Lipinski definition) is 1. The van der Waals surface area contributed by atoms with Crippen molar-refractivity contribution in [3.05, 3.63) is 23.8 Å². The van der Waals surface area contributed by atoms with E-state index >= 15 is 0 Å². The number of rotatable bonds is 7. The topological polar surface area (TPSA) is 47.7 Å². The summed E-state index contributed by atoms with van der Waals surface area (Å²) in [6.45, 7) is 5.94. The predicted molar refractivity (Wildman–Crippen MR) is 78.8 cm³/mol. The molecule has 0 aliphatic rings. The van der Waals surface area contributed by atoms with Gasteiger partial charge in [0.05, 0.1) is 20.3 Å². The lowest BCUT2D eigenvalue weighted by molar-refractivity contribution is 0.219. The molecule has 1 unspecified atom stereocenters. The van der Waals surface area contributed by atoms with Gasteiger partial charge in [0.15, 0.2) is 0 Å². The molecular weight excluding hydrogens is 240 g/mol. The van der Waals surface area contributed by atoms with Crippen molar-refractivity contribution in [2.75, 3.05) is 34.4 Å². The minimum atomic E-state index is 0.132. The van der Waals surface area contributed by atoms with Crippen molar-refractivity contribution in [1.29, 1.82) is 0 Å². The first-order valence-corrected chi connectivity index (χ1v) is 6.65. The van der Waals surface area contributed by atoms with Crippen molar-refractivity contribution in [2.45, 2.75) is 19.9 Å². The van der Waals surface area contributed by atoms with E-state index in [1.807, 2.05) is 18.2 Å². The van der Waals surface area contributed by atoms with Crippen LogP contribution in [0.3, 0.4) is 0 Å². The Labute approximate surface area is 116 Å². The average molecular weight is 266 g/mol. The van der Waals surface area contributed by atoms with Crippen LogP contribution in [0, 0.1) is 5.92 Å². The van der Waals surface area contributed by atoms with E-state index in [0.29, 0.717) is 12.5 Å². The molecule has 4 nitrogen and oxygen atoms in total. The number of nitrogens with two attached hydrogens (primary N) is 1. The van der Waals surface area contributed by atoms with Gasteiger partial charge < -0.3 is 15.2 Å². The summed E-state index contributed by atoms with van der Waals surface area (Å²) in [6, 6.07) is 5.97. The van der Waals surface area contributed by atoms with E-state index in [0.717, 1.165) is 23.6 Å². The van der Waals surface area contributed by atoms with E-state index in [1.165, 1.54) is 0 Å². The zero-order valence-corrected chi connectivity index (χ0v) is 12.6. The van der Waals surface area contributed by atoms with Crippen LogP contribution in [-0.2, 0) is 0 Å².